The second-order valence-electron chi connectivity index (χ2n) is 3.65. The molecule has 0 amide bonds. The molecule has 0 fully saturated rings. The molecular weight excluding hydrogens is 230 g/mol. The quantitative estimate of drug-likeness (QED) is 0.409. The number of azide groups is 2. The number of hydrogen-bond donors (Lipinski definition) is 0. The van der Waals surface area contributed by atoms with Crippen molar-refractivity contribution in [2.75, 3.05) is 24.5 Å². The molecule has 0 aliphatic rings. The van der Waals surface area contributed by atoms with E-state index < -0.39 is 0 Å². The van der Waals surface area contributed by atoms with Crippen LogP contribution in [0.25, 0.3) is 20.9 Å². The molecule has 0 bridgehead atoms. The summed E-state index contributed by atoms with van der Waals surface area (Å²) in [6.07, 6.45) is 0. The Hall–Kier alpha value is -2.36. The van der Waals surface area contributed by atoms with Crippen molar-refractivity contribution in [3.8, 4) is 0 Å². The third-order valence-electron chi connectivity index (χ3n) is 2.50. The van der Waals surface area contributed by atoms with Gasteiger partial charge in [-0.25, -0.2) is 0 Å². The van der Waals surface area contributed by atoms with Gasteiger partial charge in [-0.3, -0.25) is 0 Å². The van der Waals surface area contributed by atoms with Crippen molar-refractivity contribution in [2.45, 2.75) is 13.0 Å². The fourth-order valence-corrected chi connectivity index (χ4v) is 1.64. The Morgan fingerprint density at radius 3 is 2.50 bits per heavy atom. The maximum atomic E-state index is 8.50. The lowest BCUT2D eigenvalue weighted by atomic mass is 10.2. The van der Waals surface area contributed by atoms with Crippen molar-refractivity contribution in [1.29, 1.82) is 0 Å². The van der Waals surface area contributed by atoms with Crippen LogP contribution in [0.4, 0.5) is 5.69 Å². The Morgan fingerprint density at radius 1 is 1.22 bits per heavy atom. The summed E-state index contributed by atoms with van der Waals surface area (Å²) in [7, 11) is 0. The van der Waals surface area contributed by atoms with Gasteiger partial charge < -0.3 is 4.90 Å². The molecule has 0 N–H and O–H groups in total. The van der Waals surface area contributed by atoms with Crippen LogP contribution in [-0.2, 0) is 0 Å². The SMILES string of the molecule is CCN(CC(CN=[N+]=[N-])N=[N+]=[N-])c1ccccc1. The van der Waals surface area contributed by atoms with Gasteiger partial charge in [0.15, 0.2) is 0 Å². The van der Waals surface area contributed by atoms with E-state index in [4.69, 9.17) is 11.1 Å². The summed E-state index contributed by atoms with van der Waals surface area (Å²) in [5, 5.41) is 7.11. The molecule has 0 saturated carbocycles. The van der Waals surface area contributed by atoms with Crippen LogP contribution in [0.2, 0.25) is 0 Å². The second kappa shape index (κ2) is 7.84. The van der Waals surface area contributed by atoms with Gasteiger partial charge in [0.2, 0.25) is 0 Å². The summed E-state index contributed by atoms with van der Waals surface area (Å²) in [5.41, 5.74) is 17.9. The van der Waals surface area contributed by atoms with E-state index in [1.54, 1.807) is 0 Å². The fourth-order valence-electron chi connectivity index (χ4n) is 1.64. The van der Waals surface area contributed by atoms with Crippen LogP contribution in [0.1, 0.15) is 6.92 Å². The number of benzene rings is 1. The topological polar surface area (TPSA) is 101 Å². The molecule has 0 radical (unpaired) electrons. The molecule has 7 heteroatoms. The van der Waals surface area contributed by atoms with Crippen LogP contribution in [0.5, 0.6) is 0 Å². The molecule has 1 unspecified atom stereocenters. The van der Waals surface area contributed by atoms with Crippen LogP contribution < -0.4 is 4.90 Å². The van der Waals surface area contributed by atoms with Gasteiger partial charge in [0.05, 0.1) is 6.04 Å². The maximum absolute atomic E-state index is 8.50. The predicted molar refractivity (Wildman–Crippen MR) is 71.3 cm³/mol. The third-order valence-corrected chi connectivity index (χ3v) is 2.50. The highest BCUT2D eigenvalue weighted by atomic mass is 15.2. The van der Waals surface area contributed by atoms with E-state index in [9.17, 15) is 0 Å². The Kier molecular flexibility index (Phi) is 5.97. The molecule has 1 aromatic rings. The van der Waals surface area contributed by atoms with Gasteiger partial charge >= 0.3 is 0 Å². The van der Waals surface area contributed by atoms with E-state index in [0.29, 0.717) is 6.54 Å². The van der Waals surface area contributed by atoms with Crippen molar-refractivity contribution in [3.05, 3.63) is 51.2 Å². The maximum Gasteiger partial charge on any atom is 0.0605 e. The van der Waals surface area contributed by atoms with E-state index in [2.05, 4.69) is 25.0 Å². The van der Waals surface area contributed by atoms with Crippen molar-refractivity contribution in [2.24, 2.45) is 10.2 Å². The number of anilines is 1. The highest BCUT2D eigenvalue weighted by Gasteiger charge is 2.11. The van der Waals surface area contributed by atoms with Crippen molar-refractivity contribution in [3.63, 3.8) is 0 Å². The minimum atomic E-state index is -0.356. The van der Waals surface area contributed by atoms with Gasteiger partial charge in [0.1, 0.15) is 0 Å². The molecule has 0 aliphatic carbocycles. The Bertz CT molecular complexity index is 446. The minimum absolute atomic E-state index is 0.171. The molecule has 0 aliphatic heterocycles. The molecule has 1 atom stereocenters. The first-order valence-electron chi connectivity index (χ1n) is 5.66. The van der Waals surface area contributed by atoms with E-state index in [1.807, 2.05) is 37.3 Å². The van der Waals surface area contributed by atoms with Crippen molar-refractivity contribution < 1.29 is 0 Å². The second-order valence-corrected chi connectivity index (χ2v) is 3.65. The summed E-state index contributed by atoms with van der Waals surface area (Å²) in [5.74, 6) is 0. The van der Waals surface area contributed by atoms with Crippen LogP contribution in [0, 0.1) is 0 Å². The predicted octanol–water partition coefficient (Wildman–Crippen LogP) is 3.50. The lowest BCUT2D eigenvalue weighted by Crippen LogP contribution is -2.32. The monoisotopic (exact) mass is 245 g/mol. The third kappa shape index (κ3) is 4.25. The van der Waals surface area contributed by atoms with Gasteiger partial charge in [0, 0.05) is 35.1 Å². The molecule has 0 aromatic heterocycles. The normalized spacial score (nSPS) is 10.9. The molecule has 1 rings (SSSR count). The molecule has 0 saturated heterocycles. The number of para-hydroxylation sites is 1. The smallest absolute Gasteiger partial charge is 0.0605 e. The number of hydrogen-bond acceptors (Lipinski definition) is 3. The van der Waals surface area contributed by atoms with Gasteiger partial charge in [0.25, 0.3) is 0 Å². The summed E-state index contributed by atoms with van der Waals surface area (Å²) in [6, 6.07) is 9.48. The van der Waals surface area contributed by atoms with Crippen LogP contribution in [-0.4, -0.2) is 25.7 Å². The number of rotatable bonds is 7. The lowest BCUT2D eigenvalue weighted by molar-refractivity contribution is 0.643. The lowest BCUT2D eigenvalue weighted by Gasteiger charge is -2.25. The van der Waals surface area contributed by atoms with E-state index in [1.165, 1.54) is 0 Å². The highest BCUT2D eigenvalue weighted by Crippen LogP contribution is 2.14. The van der Waals surface area contributed by atoms with Gasteiger partial charge in [-0.15, -0.1) is 0 Å². The first-order valence-corrected chi connectivity index (χ1v) is 5.66. The zero-order valence-electron chi connectivity index (χ0n) is 10.2. The first-order chi connectivity index (χ1) is 8.81. The molecule has 7 nitrogen and oxygen atoms in total. The van der Waals surface area contributed by atoms with Gasteiger partial charge in [-0.2, -0.15) is 0 Å². The molecule has 1 aromatic carbocycles. The van der Waals surface area contributed by atoms with Crippen molar-refractivity contribution >= 4 is 5.69 Å². The van der Waals surface area contributed by atoms with Gasteiger partial charge in [-0.05, 0) is 30.1 Å². The van der Waals surface area contributed by atoms with Crippen LogP contribution in [0.15, 0.2) is 40.6 Å². The standard InChI is InChI=1S/C11H15N7/c1-2-18(11-6-4-3-5-7-11)9-10(15-17-13)8-14-16-12/h3-7,10H,2,8-9H2,1H3. The van der Waals surface area contributed by atoms with Crippen molar-refractivity contribution in [1.82, 2.24) is 0 Å². The molecule has 18 heavy (non-hydrogen) atoms. The summed E-state index contributed by atoms with van der Waals surface area (Å²) < 4.78 is 0. The summed E-state index contributed by atoms with van der Waals surface area (Å²) in [4.78, 5) is 7.55. The molecular formula is C11H15N7. The largest absolute Gasteiger partial charge is 0.371 e. The number of nitrogens with zero attached hydrogens (tertiary/aromatic N) is 7. The average Bonchev–Trinajstić information content (AvgIpc) is 2.43. The van der Waals surface area contributed by atoms with Crippen LogP contribution in [0.3, 0.4) is 0 Å². The molecule has 94 valence electrons. The van der Waals surface area contributed by atoms with E-state index in [-0.39, 0.29) is 12.6 Å². The van der Waals surface area contributed by atoms with E-state index >= 15 is 0 Å². The zero-order chi connectivity index (χ0) is 13.2. The van der Waals surface area contributed by atoms with Crippen LogP contribution >= 0.6 is 0 Å². The molecule has 0 spiro atoms. The highest BCUT2D eigenvalue weighted by molar-refractivity contribution is 5.46. The molecule has 0 heterocycles. The number of likely N-dealkylation sites (N-methyl/N-ethyl adjacent to an activating group) is 1. The Balaban J connectivity index is 2.76. The summed E-state index contributed by atoms with van der Waals surface area (Å²) >= 11 is 0. The minimum Gasteiger partial charge on any atom is -0.371 e. The first kappa shape index (κ1) is 13.7. The van der Waals surface area contributed by atoms with E-state index in [0.717, 1.165) is 12.2 Å². The zero-order valence-corrected chi connectivity index (χ0v) is 10.2. The van der Waals surface area contributed by atoms with Gasteiger partial charge in [-0.1, -0.05) is 28.4 Å². The summed E-state index contributed by atoms with van der Waals surface area (Å²) in [6.45, 7) is 3.51. The fraction of sp³-hybridized carbons (Fsp3) is 0.455. The Labute approximate surface area is 105 Å². The Morgan fingerprint density at radius 2 is 1.94 bits per heavy atom. The average molecular weight is 245 g/mol.